The highest BCUT2D eigenvalue weighted by molar-refractivity contribution is 5.29. The maximum atomic E-state index is 3.88. The van der Waals surface area contributed by atoms with E-state index >= 15 is 0 Å². The van der Waals surface area contributed by atoms with E-state index in [4.69, 9.17) is 0 Å². The van der Waals surface area contributed by atoms with E-state index in [0.29, 0.717) is 0 Å². The predicted octanol–water partition coefficient (Wildman–Crippen LogP) is 0.747. The minimum absolute atomic E-state index is 0.868. The summed E-state index contributed by atoms with van der Waals surface area (Å²) in [4.78, 5) is 3.81. The number of aromatic nitrogens is 1. The maximum absolute atomic E-state index is 3.88. The first-order valence-electron chi connectivity index (χ1n) is 2.34. The van der Waals surface area contributed by atoms with Gasteiger partial charge in [0, 0.05) is 19.3 Å². The van der Waals surface area contributed by atoms with Crippen LogP contribution in [0.5, 0.6) is 0 Å². The first-order valence-corrected chi connectivity index (χ1v) is 2.34. The van der Waals surface area contributed by atoms with E-state index in [2.05, 4.69) is 16.4 Å². The standard InChI is InChI=1S/C6H6N2/c1-7-6-3-2-4-8-5-6/h3-5H,1H3. The van der Waals surface area contributed by atoms with Crippen LogP contribution in [0.3, 0.4) is 0 Å². The van der Waals surface area contributed by atoms with Gasteiger partial charge in [-0.25, -0.2) is 0 Å². The van der Waals surface area contributed by atoms with E-state index in [-0.39, 0.29) is 0 Å². The third-order valence-electron chi connectivity index (χ3n) is 0.845. The van der Waals surface area contributed by atoms with Crippen LogP contribution in [0.2, 0.25) is 0 Å². The molecule has 0 aliphatic heterocycles. The molecule has 1 aromatic heterocycles. The topological polar surface area (TPSA) is 27.0 Å². The molecule has 0 aromatic carbocycles. The Hall–Kier alpha value is -1.05. The maximum Gasteiger partial charge on any atom is 0.0760 e. The Kier molecular flexibility index (Phi) is 1.47. The fourth-order valence-electron chi connectivity index (χ4n) is 0.439. The molecule has 2 radical (unpaired) electrons. The lowest BCUT2D eigenvalue weighted by atomic mass is 10.4. The quantitative estimate of drug-likeness (QED) is 0.519. The fourth-order valence-corrected chi connectivity index (χ4v) is 0.439. The Labute approximate surface area is 48.6 Å². The fraction of sp³-hybridized carbons (Fsp3) is 0.167. The average Bonchev–Trinajstić information content (AvgIpc) is 1.90. The van der Waals surface area contributed by atoms with Crippen LogP contribution in [0.15, 0.2) is 18.5 Å². The van der Waals surface area contributed by atoms with Gasteiger partial charge < -0.3 is 0 Å². The van der Waals surface area contributed by atoms with Crippen molar-refractivity contribution in [3.63, 3.8) is 0 Å². The zero-order chi connectivity index (χ0) is 5.82. The summed E-state index contributed by atoms with van der Waals surface area (Å²) >= 11 is 0. The molecule has 0 atom stereocenters. The molecule has 40 valence electrons. The third kappa shape index (κ3) is 0.964. The highest BCUT2D eigenvalue weighted by atomic mass is 14.8. The highest BCUT2D eigenvalue weighted by Gasteiger charge is 1.81. The molecule has 0 N–H and O–H groups in total. The molecule has 0 aliphatic rings. The van der Waals surface area contributed by atoms with E-state index in [0.717, 1.165) is 5.69 Å². The SMILES string of the molecule is C[N]c1c[c]cnc1. The van der Waals surface area contributed by atoms with Crippen molar-refractivity contribution in [3.05, 3.63) is 24.5 Å². The molecule has 1 heterocycles. The summed E-state index contributed by atoms with van der Waals surface area (Å²) in [5, 5.41) is 3.88. The number of hydrogen-bond donors (Lipinski definition) is 0. The summed E-state index contributed by atoms with van der Waals surface area (Å²) in [6, 6.07) is 4.59. The lowest BCUT2D eigenvalue weighted by Crippen LogP contribution is -1.84. The van der Waals surface area contributed by atoms with Gasteiger partial charge in [0.05, 0.1) is 11.9 Å². The molecule has 0 amide bonds. The van der Waals surface area contributed by atoms with Gasteiger partial charge >= 0.3 is 0 Å². The van der Waals surface area contributed by atoms with Gasteiger partial charge in [-0.1, -0.05) is 0 Å². The molecule has 1 rings (SSSR count). The van der Waals surface area contributed by atoms with Crippen molar-refractivity contribution in [3.8, 4) is 0 Å². The predicted molar refractivity (Wildman–Crippen MR) is 30.8 cm³/mol. The molecule has 0 saturated carbocycles. The molecule has 0 fully saturated rings. The van der Waals surface area contributed by atoms with Gasteiger partial charge in [-0.2, -0.15) is 0 Å². The molecular formula is C6H6N2. The Morgan fingerprint density at radius 1 is 1.75 bits per heavy atom. The van der Waals surface area contributed by atoms with Crippen LogP contribution in [-0.4, -0.2) is 12.0 Å². The van der Waals surface area contributed by atoms with E-state index in [1.54, 1.807) is 25.5 Å². The Morgan fingerprint density at radius 3 is 3.00 bits per heavy atom. The normalized spacial score (nSPS) is 8.62. The molecule has 8 heavy (non-hydrogen) atoms. The molecule has 1 aromatic rings. The van der Waals surface area contributed by atoms with E-state index in [1.807, 2.05) is 0 Å². The number of hydrogen-bond acceptors (Lipinski definition) is 1. The van der Waals surface area contributed by atoms with E-state index in [1.165, 1.54) is 0 Å². The van der Waals surface area contributed by atoms with E-state index in [9.17, 15) is 0 Å². The molecule has 0 bridgehead atoms. The molecule has 0 unspecified atom stereocenters. The Bertz CT molecular complexity index is 148. The van der Waals surface area contributed by atoms with Crippen molar-refractivity contribution in [2.45, 2.75) is 0 Å². The van der Waals surface area contributed by atoms with Gasteiger partial charge in [0.1, 0.15) is 0 Å². The second kappa shape index (κ2) is 2.31. The summed E-state index contributed by atoms with van der Waals surface area (Å²) in [5.74, 6) is 0. The van der Waals surface area contributed by atoms with Crippen LogP contribution in [-0.2, 0) is 0 Å². The average molecular weight is 106 g/mol. The number of nitrogens with zero attached hydrogens (tertiary/aromatic N) is 2. The van der Waals surface area contributed by atoms with Crippen LogP contribution in [0.1, 0.15) is 0 Å². The summed E-state index contributed by atoms with van der Waals surface area (Å²) in [5.41, 5.74) is 0.868. The Morgan fingerprint density at radius 2 is 2.62 bits per heavy atom. The smallest absolute Gasteiger partial charge is 0.0760 e. The van der Waals surface area contributed by atoms with Gasteiger partial charge in [-0.15, -0.1) is 0 Å². The van der Waals surface area contributed by atoms with Gasteiger partial charge in [-0.05, 0) is 6.07 Å². The van der Waals surface area contributed by atoms with Crippen LogP contribution in [0, 0.1) is 6.07 Å². The van der Waals surface area contributed by atoms with Crippen molar-refractivity contribution in [2.75, 3.05) is 7.05 Å². The van der Waals surface area contributed by atoms with Crippen molar-refractivity contribution in [1.82, 2.24) is 10.3 Å². The van der Waals surface area contributed by atoms with Gasteiger partial charge in [0.2, 0.25) is 0 Å². The monoisotopic (exact) mass is 106 g/mol. The number of pyridine rings is 1. The lowest BCUT2D eigenvalue weighted by Gasteiger charge is -1.89. The van der Waals surface area contributed by atoms with Crippen LogP contribution < -0.4 is 5.32 Å². The first kappa shape index (κ1) is 5.09. The molecule has 0 aliphatic carbocycles. The largest absolute Gasteiger partial charge is 0.287 e. The van der Waals surface area contributed by atoms with Crippen molar-refractivity contribution >= 4 is 5.69 Å². The molecule has 2 nitrogen and oxygen atoms in total. The van der Waals surface area contributed by atoms with E-state index < -0.39 is 0 Å². The molecule has 0 spiro atoms. The first-order chi connectivity index (χ1) is 3.93. The molecule has 0 saturated heterocycles. The minimum Gasteiger partial charge on any atom is -0.287 e. The summed E-state index contributed by atoms with van der Waals surface area (Å²) in [6.45, 7) is 0. The van der Waals surface area contributed by atoms with Gasteiger partial charge in [0.25, 0.3) is 0 Å². The second-order valence-electron chi connectivity index (χ2n) is 1.37. The summed E-state index contributed by atoms with van der Waals surface area (Å²) < 4.78 is 0. The summed E-state index contributed by atoms with van der Waals surface area (Å²) in [7, 11) is 1.73. The van der Waals surface area contributed by atoms with Crippen LogP contribution >= 0.6 is 0 Å². The zero-order valence-electron chi connectivity index (χ0n) is 4.63. The zero-order valence-corrected chi connectivity index (χ0v) is 4.63. The summed E-state index contributed by atoms with van der Waals surface area (Å²) in [6.07, 6.45) is 3.30. The van der Waals surface area contributed by atoms with Crippen molar-refractivity contribution < 1.29 is 0 Å². The minimum atomic E-state index is 0.868. The van der Waals surface area contributed by atoms with Crippen molar-refractivity contribution in [1.29, 1.82) is 0 Å². The third-order valence-corrected chi connectivity index (χ3v) is 0.845. The molecule has 2 heteroatoms. The van der Waals surface area contributed by atoms with Crippen LogP contribution in [0.25, 0.3) is 0 Å². The van der Waals surface area contributed by atoms with Gasteiger partial charge in [-0.3, -0.25) is 10.3 Å². The second-order valence-corrected chi connectivity index (χ2v) is 1.37. The Balaban J connectivity index is 2.83. The van der Waals surface area contributed by atoms with Gasteiger partial charge in [0.15, 0.2) is 0 Å². The van der Waals surface area contributed by atoms with Crippen LogP contribution in [0.4, 0.5) is 5.69 Å². The van der Waals surface area contributed by atoms with Crippen molar-refractivity contribution in [2.24, 2.45) is 0 Å². The lowest BCUT2D eigenvalue weighted by molar-refractivity contribution is 1.07. The number of rotatable bonds is 1. The molecular weight excluding hydrogens is 100 g/mol. The highest BCUT2D eigenvalue weighted by Crippen LogP contribution is 1.98.